The molecule has 8 heteroatoms. The molecule has 2 aliphatic rings. The number of aliphatic hydroxyl groups is 1. The standard InChI is InChI=1S/C22H22N2O5S/c25-12-22(11-24-19(27)17(23-14-26)20(24)30-13-22)21(28)29-18(15-7-3-1-4-8-15)16-9-5-2-6-10-16/h1-10,14,17-18,20,25H,11-13H2,(H,23,26)/t17?,20-,22?/m1/s1. The molecule has 0 spiro atoms. The number of aliphatic hydroxyl groups excluding tert-OH is 1. The van der Waals surface area contributed by atoms with Crippen molar-refractivity contribution in [2.24, 2.45) is 5.41 Å². The molecule has 2 saturated heterocycles. The van der Waals surface area contributed by atoms with Crippen molar-refractivity contribution in [3.05, 3.63) is 71.8 Å². The van der Waals surface area contributed by atoms with E-state index in [1.807, 2.05) is 60.7 Å². The predicted octanol–water partition coefficient (Wildman–Crippen LogP) is 1.33. The number of hydrogen-bond acceptors (Lipinski definition) is 6. The zero-order valence-corrected chi connectivity index (χ0v) is 17.0. The van der Waals surface area contributed by atoms with E-state index in [0.29, 0.717) is 12.2 Å². The first-order chi connectivity index (χ1) is 14.6. The van der Waals surface area contributed by atoms with Crippen molar-refractivity contribution < 1.29 is 24.2 Å². The molecule has 4 rings (SSSR count). The van der Waals surface area contributed by atoms with E-state index >= 15 is 0 Å². The fraction of sp³-hybridized carbons (Fsp3) is 0.318. The first-order valence-corrected chi connectivity index (χ1v) is 10.7. The van der Waals surface area contributed by atoms with E-state index in [4.69, 9.17) is 4.74 Å². The minimum absolute atomic E-state index is 0.0617. The number of nitrogens with zero attached hydrogens (tertiary/aromatic N) is 1. The summed E-state index contributed by atoms with van der Waals surface area (Å²) in [7, 11) is 0. The van der Waals surface area contributed by atoms with Crippen molar-refractivity contribution in [3.8, 4) is 0 Å². The molecule has 2 aliphatic heterocycles. The van der Waals surface area contributed by atoms with Crippen molar-refractivity contribution in [1.29, 1.82) is 0 Å². The molecule has 7 nitrogen and oxygen atoms in total. The van der Waals surface area contributed by atoms with Crippen molar-refractivity contribution >= 4 is 30.0 Å². The second kappa shape index (κ2) is 8.49. The van der Waals surface area contributed by atoms with Gasteiger partial charge < -0.3 is 20.1 Å². The van der Waals surface area contributed by atoms with Crippen LogP contribution >= 0.6 is 11.8 Å². The molecular formula is C22H22N2O5S. The van der Waals surface area contributed by atoms with Gasteiger partial charge in [-0.2, -0.15) is 0 Å². The molecule has 0 aromatic heterocycles. The Labute approximate surface area is 178 Å². The van der Waals surface area contributed by atoms with Gasteiger partial charge in [0.15, 0.2) is 6.10 Å². The molecule has 2 heterocycles. The summed E-state index contributed by atoms with van der Waals surface area (Å²) in [6, 6.07) is 18.2. The largest absolute Gasteiger partial charge is 0.452 e. The maximum absolute atomic E-state index is 13.3. The van der Waals surface area contributed by atoms with E-state index in [9.17, 15) is 19.5 Å². The summed E-state index contributed by atoms with van der Waals surface area (Å²) < 4.78 is 5.95. The summed E-state index contributed by atoms with van der Waals surface area (Å²) in [5.41, 5.74) is 0.425. The van der Waals surface area contributed by atoms with Gasteiger partial charge in [0, 0.05) is 12.3 Å². The van der Waals surface area contributed by atoms with Crippen LogP contribution in [-0.4, -0.2) is 58.6 Å². The Morgan fingerprint density at radius 2 is 1.80 bits per heavy atom. The molecule has 2 fully saturated rings. The lowest BCUT2D eigenvalue weighted by Gasteiger charge is -2.53. The molecule has 0 radical (unpaired) electrons. The topological polar surface area (TPSA) is 95.9 Å². The zero-order valence-electron chi connectivity index (χ0n) is 16.1. The summed E-state index contributed by atoms with van der Waals surface area (Å²) in [6.07, 6.45) is -0.116. The SMILES string of the molecule is O=CNC1C(=O)N2CC(CO)(C(=O)OC(c3ccccc3)c3ccccc3)CS[C@H]12. The number of nitrogens with one attached hydrogen (secondary N) is 1. The van der Waals surface area contributed by atoms with Crippen LogP contribution in [0.5, 0.6) is 0 Å². The number of thioether (sulfide) groups is 1. The molecular weight excluding hydrogens is 404 g/mol. The number of hydrogen-bond donors (Lipinski definition) is 2. The summed E-state index contributed by atoms with van der Waals surface area (Å²) in [4.78, 5) is 37.9. The van der Waals surface area contributed by atoms with Crippen molar-refractivity contribution in [2.45, 2.75) is 17.5 Å². The van der Waals surface area contributed by atoms with Gasteiger partial charge in [-0.25, -0.2) is 0 Å². The van der Waals surface area contributed by atoms with Gasteiger partial charge in [0.1, 0.15) is 16.8 Å². The molecule has 2 N–H and O–H groups in total. The van der Waals surface area contributed by atoms with E-state index in [0.717, 1.165) is 11.1 Å². The summed E-state index contributed by atoms with van der Waals surface area (Å²) in [5.74, 6) is -0.509. The highest BCUT2D eigenvalue weighted by Gasteiger charge is 2.57. The Kier molecular flexibility index (Phi) is 5.78. The number of carbonyl (C=O) groups excluding carboxylic acids is 3. The number of fused-ring (bicyclic) bond motifs is 1. The van der Waals surface area contributed by atoms with Crippen LogP contribution in [0.15, 0.2) is 60.7 Å². The molecule has 30 heavy (non-hydrogen) atoms. The van der Waals surface area contributed by atoms with Crippen LogP contribution in [-0.2, 0) is 19.1 Å². The maximum atomic E-state index is 13.3. The van der Waals surface area contributed by atoms with Crippen LogP contribution in [0.25, 0.3) is 0 Å². The monoisotopic (exact) mass is 426 g/mol. The van der Waals surface area contributed by atoms with E-state index in [1.165, 1.54) is 16.7 Å². The number of β-lactam (4-membered cyclic amide) rings is 1. The van der Waals surface area contributed by atoms with E-state index in [2.05, 4.69) is 5.32 Å². The molecule has 0 saturated carbocycles. The molecule has 156 valence electrons. The number of benzene rings is 2. The normalized spacial score (nSPS) is 25.3. The Balaban J connectivity index is 1.56. The molecule has 0 bridgehead atoms. The van der Waals surface area contributed by atoms with Gasteiger partial charge in [-0.15, -0.1) is 11.8 Å². The minimum atomic E-state index is -1.22. The van der Waals surface area contributed by atoms with Gasteiger partial charge in [0.2, 0.25) is 12.3 Å². The number of amides is 2. The van der Waals surface area contributed by atoms with Crippen LogP contribution in [0, 0.1) is 5.41 Å². The fourth-order valence-electron chi connectivity index (χ4n) is 3.82. The lowest BCUT2D eigenvalue weighted by atomic mass is 9.87. The van der Waals surface area contributed by atoms with Crippen molar-refractivity contribution in [1.82, 2.24) is 10.2 Å². The molecule has 2 aromatic carbocycles. The van der Waals surface area contributed by atoms with E-state index < -0.39 is 30.1 Å². The first kappa shape index (κ1) is 20.4. The second-order valence-corrected chi connectivity index (χ2v) is 8.58. The lowest BCUT2D eigenvalue weighted by Crippen LogP contribution is -2.73. The molecule has 0 aliphatic carbocycles. The van der Waals surface area contributed by atoms with Gasteiger partial charge in [-0.05, 0) is 11.1 Å². The van der Waals surface area contributed by atoms with Crippen LogP contribution in [0.2, 0.25) is 0 Å². The van der Waals surface area contributed by atoms with Crippen molar-refractivity contribution in [3.63, 3.8) is 0 Å². The van der Waals surface area contributed by atoms with Gasteiger partial charge in [0.25, 0.3) is 0 Å². The van der Waals surface area contributed by atoms with Gasteiger partial charge in [0.05, 0.1) is 6.61 Å². The number of esters is 1. The quantitative estimate of drug-likeness (QED) is 0.394. The zero-order chi connectivity index (χ0) is 21.1. The fourth-order valence-corrected chi connectivity index (χ4v) is 5.36. The second-order valence-electron chi connectivity index (χ2n) is 7.48. The van der Waals surface area contributed by atoms with Crippen LogP contribution in [0.1, 0.15) is 17.2 Å². The summed E-state index contributed by atoms with van der Waals surface area (Å²) in [6.45, 7) is -0.371. The Morgan fingerprint density at radius 1 is 1.20 bits per heavy atom. The maximum Gasteiger partial charge on any atom is 0.318 e. The van der Waals surface area contributed by atoms with Crippen molar-refractivity contribution in [2.75, 3.05) is 18.9 Å². The summed E-state index contributed by atoms with van der Waals surface area (Å²) >= 11 is 1.37. The van der Waals surface area contributed by atoms with Crippen LogP contribution < -0.4 is 5.32 Å². The van der Waals surface area contributed by atoms with Crippen LogP contribution in [0.3, 0.4) is 0 Å². The molecule has 2 unspecified atom stereocenters. The third-order valence-electron chi connectivity index (χ3n) is 5.56. The van der Waals surface area contributed by atoms with Crippen LogP contribution in [0.4, 0.5) is 0 Å². The minimum Gasteiger partial charge on any atom is -0.452 e. The Morgan fingerprint density at radius 3 is 2.33 bits per heavy atom. The summed E-state index contributed by atoms with van der Waals surface area (Å²) in [5, 5.41) is 12.4. The Bertz CT molecular complexity index is 886. The van der Waals surface area contributed by atoms with Gasteiger partial charge in [-0.3, -0.25) is 14.4 Å². The number of carbonyl (C=O) groups is 3. The van der Waals surface area contributed by atoms with Gasteiger partial charge in [-0.1, -0.05) is 60.7 Å². The number of ether oxygens (including phenoxy) is 1. The molecule has 3 atom stereocenters. The highest BCUT2D eigenvalue weighted by Crippen LogP contribution is 2.43. The average Bonchev–Trinajstić information content (AvgIpc) is 2.81. The first-order valence-electron chi connectivity index (χ1n) is 9.63. The predicted molar refractivity (Wildman–Crippen MR) is 111 cm³/mol. The average molecular weight is 426 g/mol. The highest BCUT2D eigenvalue weighted by atomic mass is 32.2. The van der Waals surface area contributed by atoms with E-state index in [1.54, 1.807) is 0 Å². The Hall–Kier alpha value is -2.84. The van der Waals surface area contributed by atoms with Gasteiger partial charge >= 0.3 is 5.97 Å². The lowest BCUT2D eigenvalue weighted by molar-refractivity contribution is -0.168. The van der Waals surface area contributed by atoms with E-state index in [-0.39, 0.29) is 17.8 Å². The third kappa shape index (κ3) is 3.57. The smallest absolute Gasteiger partial charge is 0.318 e. The third-order valence-corrected chi connectivity index (χ3v) is 7.15. The number of rotatable bonds is 7. The highest BCUT2D eigenvalue weighted by molar-refractivity contribution is 8.00. The molecule has 2 amide bonds. The molecule has 2 aromatic rings.